The highest BCUT2D eigenvalue weighted by atomic mass is 32.2. The maximum absolute atomic E-state index is 11.2. The van der Waals surface area contributed by atoms with Gasteiger partial charge in [-0.05, 0) is 30.6 Å². The second-order valence-corrected chi connectivity index (χ2v) is 7.47. The van der Waals surface area contributed by atoms with Crippen LogP contribution in [0.15, 0.2) is 0 Å². The lowest BCUT2D eigenvalue weighted by molar-refractivity contribution is 0.191. The summed E-state index contributed by atoms with van der Waals surface area (Å²) in [7, 11) is -2.93. The van der Waals surface area contributed by atoms with Crippen LogP contribution >= 0.6 is 0 Å². The molecule has 1 aliphatic rings. The van der Waals surface area contributed by atoms with E-state index in [1.807, 2.05) is 0 Å². The summed E-state index contributed by atoms with van der Waals surface area (Å²) in [5.41, 5.74) is 5.96. The second kappa shape index (κ2) is 4.83. The molecule has 0 aromatic rings. The zero-order chi connectivity index (χ0) is 11.6. The van der Waals surface area contributed by atoms with E-state index < -0.39 is 9.84 Å². The average Bonchev–Trinajstić information content (AvgIpc) is 2.06. The fourth-order valence-electron chi connectivity index (χ4n) is 2.46. The highest BCUT2D eigenvalue weighted by Gasteiger charge is 2.29. The van der Waals surface area contributed by atoms with E-state index in [4.69, 9.17) is 5.73 Å². The van der Waals surface area contributed by atoms with Crippen molar-refractivity contribution in [3.05, 3.63) is 0 Å². The van der Waals surface area contributed by atoms with E-state index in [0.717, 1.165) is 18.8 Å². The molecule has 0 aliphatic heterocycles. The number of rotatable bonds is 3. The summed E-state index contributed by atoms with van der Waals surface area (Å²) in [6.07, 6.45) is 4.62. The van der Waals surface area contributed by atoms with Crippen LogP contribution < -0.4 is 5.73 Å². The third kappa shape index (κ3) is 4.11. The quantitative estimate of drug-likeness (QED) is 0.802. The minimum Gasteiger partial charge on any atom is -0.327 e. The minimum atomic E-state index is -2.93. The van der Waals surface area contributed by atoms with Crippen LogP contribution in [0, 0.1) is 17.8 Å². The third-order valence-corrected chi connectivity index (χ3v) is 4.73. The Morgan fingerprint density at radius 3 is 2.33 bits per heavy atom. The first-order valence-electron chi connectivity index (χ1n) is 5.73. The van der Waals surface area contributed by atoms with Gasteiger partial charge in [0.1, 0.15) is 9.84 Å². The number of sulfone groups is 1. The van der Waals surface area contributed by atoms with Crippen molar-refractivity contribution >= 4 is 9.84 Å². The summed E-state index contributed by atoms with van der Waals surface area (Å²) in [5.74, 6) is 1.96. The standard InChI is InChI=1S/C11H23NO2S/c1-8-4-5-10(6-9(8)2)11(12)7-15(3,13)14/h8-11H,4-7,12H2,1-3H3. The molecule has 0 spiro atoms. The fourth-order valence-corrected chi connectivity index (χ4v) is 3.44. The molecule has 0 radical (unpaired) electrons. The van der Waals surface area contributed by atoms with Gasteiger partial charge in [0, 0.05) is 12.3 Å². The molecule has 0 aromatic carbocycles. The van der Waals surface area contributed by atoms with Crippen molar-refractivity contribution < 1.29 is 8.42 Å². The molecule has 1 saturated carbocycles. The first-order chi connectivity index (χ1) is 6.79. The number of nitrogens with two attached hydrogens (primary N) is 1. The van der Waals surface area contributed by atoms with Gasteiger partial charge < -0.3 is 5.73 Å². The van der Waals surface area contributed by atoms with Crippen LogP contribution in [0.4, 0.5) is 0 Å². The summed E-state index contributed by atoms with van der Waals surface area (Å²) < 4.78 is 22.3. The summed E-state index contributed by atoms with van der Waals surface area (Å²) in [6, 6.07) is -0.171. The highest BCUT2D eigenvalue weighted by molar-refractivity contribution is 7.90. The second-order valence-electron chi connectivity index (χ2n) is 5.28. The van der Waals surface area contributed by atoms with Gasteiger partial charge in [-0.2, -0.15) is 0 Å². The molecule has 0 bridgehead atoms. The Bertz CT molecular complexity index is 300. The molecular formula is C11H23NO2S. The van der Waals surface area contributed by atoms with Gasteiger partial charge in [-0.3, -0.25) is 0 Å². The zero-order valence-corrected chi connectivity index (χ0v) is 10.8. The van der Waals surface area contributed by atoms with E-state index in [9.17, 15) is 8.42 Å². The van der Waals surface area contributed by atoms with Crippen LogP contribution in [0.3, 0.4) is 0 Å². The molecular weight excluding hydrogens is 210 g/mol. The van der Waals surface area contributed by atoms with E-state index in [-0.39, 0.29) is 11.8 Å². The van der Waals surface area contributed by atoms with Gasteiger partial charge in [0.05, 0.1) is 5.75 Å². The molecule has 4 unspecified atom stereocenters. The third-order valence-electron chi connectivity index (χ3n) is 3.74. The predicted molar refractivity (Wildman–Crippen MR) is 63.4 cm³/mol. The summed E-state index contributed by atoms with van der Waals surface area (Å²) >= 11 is 0. The van der Waals surface area contributed by atoms with Gasteiger partial charge in [0.25, 0.3) is 0 Å². The molecule has 4 atom stereocenters. The smallest absolute Gasteiger partial charge is 0.148 e. The van der Waals surface area contributed by atoms with Crippen LogP contribution in [0.5, 0.6) is 0 Å². The Hall–Kier alpha value is -0.0900. The normalized spacial score (nSPS) is 35.1. The van der Waals surface area contributed by atoms with Crippen molar-refractivity contribution in [2.24, 2.45) is 23.5 Å². The van der Waals surface area contributed by atoms with Crippen molar-refractivity contribution in [1.82, 2.24) is 0 Å². The molecule has 0 heterocycles. The topological polar surface area (TPSA) is 60.2 Å². The number of hydrogen-bond acceptors (Lipinski definition) is 3. The predicted octanol–water partition coefficient (Wildman–Crippen LogP) is 1.43. The van der Waals surface area contributed by atoms with Gasteiger partial charge in [-0.25, -0.2) is 8.42 Å². The maximum atomic E-state index is 11.2. The van der Waals surface area contributed by atoms with Crippen LogP contribution in [-0.4, -0.2) is 26.5 Å². The van der Waals surface area contributed by atoms with Gasteiger partial charge in [-0.1, -0.05) is 20.3 Å². The molecule has 1 aliphatic carbocycles. The van der Waals surface area contributed by atoms with E-state index in [2.05, 4.69) is 13.8 Å². The van der Waals surface area contributed by atoms with Gasteiger partial charge in [0.15, 0.2) is 0 Å². The van der Waals surface area contributed by atoms with E-state index in [1.165, 1.54) is 12.7 Å². The fraction of sp³-hybridized carbons (Fsp3) is 1.00. The lowest BCUT2D eigenvalue weighted by atomic mass is 9.74. The molecule has 0 saturated heterocycles. The largest absolute Gasteiger partial charge is 0.327 e. The van der Waals surface area contributed by atoms with Crippen molar-refractivity contribution in [2.75, 3.05) is 12.0 Å². The molecule has 15 heavy (non-hydrogen) atoms. The zero-order valence-electron chi connectivity index (χ0n) is 9.94. The Morgan fingerprint density at radius 2 is 1.87 bits per heavy atom. The molecule has 1 rings (SSSR count). The average molecular weight is 233 g/mol. The number of hydrogen-bond donors (Lipinski definition) is 1. The Labute approximate surface area is 93.3 Å². The lowest BCUT2D eigenvalue weighted by Crippen LogP contribution is -2.40. The highest BCUT2D eigenvalue weighted by Crippen LogP contribution is 2.34. The first-order valence-corrected chi connectivity index (χ1v) is 7.79. The van der Waals surface area contributed by atoms with E-state index in [0.29, 0.717) is 11.8 Å². The minimum absolute atomic E-state index is 0.138. The van der Waals surface area contributed by atoms with E-state index >= 15 is 0 Å². The SMILES string of the molecule is CC1CCC(C(N)CS(C)(=O)=O)CC1C. The van der Waals surface area contributed by atoms with Crippen LogP contribution in [0.25, 0.3) is 0 Å². The summed E-state index contributed by atoms with van der Waals surface area (Å²) in [6.45, 7) is 4.51. The molecule has 4 heteroatoms. The van der Waals surface area contributed by atoms with Gasteiger partial charge in [0.2, 0.25) is 0 Å². The molecule has 3 nitrogen and oxygen atoms in total. The Balaban J connectivity index is 2.51. The maximum Gasteiger partial charge on any atom is 0.148 e. The van der Waals surface area contributed by atoms with Crippen molar-refractivity contribution in [3.8, 4) is 0 Å². The summed E-state index contributed by atoms with van der Waals surface area (Å²) in [4.78, 5) is 0. The summed E-state index contributed by atoms with van der Waals surface area (Å²) in [5, 5.41) is 0. The van der Waals surface area contributed by atoms with Crippen LogP contribution in [0.1, 0.15) is 33.1 Å². The molecule has 1 fully saturated rings. The van der Waals surface area contributed by atoms with Gasteiger partial charge in [-0.15, -0.1) is 0 Å². The van der Waals surface area contributed by atoms with Crippen LogP contribution in [-0.2, 0) is 9.84 Å². The Morgan fingerprint density at radius 1 is 1.27 bits per heavy atom. The molecule has 0 aromatic heterocycles. The van der Waals surface area contributed by atoms with Crippen molar-refractivity contribution in [2.45, 2.75) is 39.2 Å². The van der Waals surface area contributed by atoms with Crippen molar-refractivity contribution in [1.29, 1.82) is 0 Å². The molecule has 0 amide bonds. The first kappa shape index (κ1) is 13.0. The Kier molecular flexibility index (Phi) is 4.18. The van der Waals surface area contributed by atoms with Gasteiger partial charge >= 0.3 is 0 Å². The molecule has 2 N–H and O–H groups in total. The monoisotopic (exact) mass is 233 g/mol. The van der Waals surface area contributed by atoms with E-state index in [1.54, 1.807) is 0 Å². The molecule has 90 valence electrons. The lowest BCUT2D eigenvalue weighted by Gasteiger charge is -2.35. The van der Waals surface area contributed by atoms with Crippen molar-refractivity contribution in [3.63, 3.8) is 0 Å². The van der Waals surface area contributed by atoms with Crippen LogP contribution in [0.2, 0.25) is 0 Å².